The average Bonchev–Trinajstić information content (AvgIpc) is 2.33. The normalized spacial score (nSPS) is 29.4. The van der Waals surface area contributed by atoms with Crippen LogP contribution >= 0.6 is 0 Å². The van der Waals surface area contributed by atoms with Gasteiger partial charge in [-0.25, -0.2) is 9.59 Å². The van der Waals surface area contributed by atoms with E-state index in [0.29, 0.717) is 36.8 Å². The quantitative estimate of drug-likeness (QED) is 0.585. The average molecular weight is 280 g/mol. The third kappa shape index (κ3) is 4.22. The standard InChI is InChI=1S/C16H24O4/c1-11(2)13(17)19-15(5)7-9-16(6,10-8-15)20-14(18)12(3)4/h1,3,7-10H2,2,4-6H3. The van der Waals surface area contributed by atoms with Crippen molar-refractivity contribution in [2.24, 2.45) is 0 Å². The van der Waals surface area contributed by atoms with Crippen LogP contribution < -0.4 is 0 Å². The SMILES string of the molecule is C=C(C)C(=O)OC1(C)CCC(C)(OC(=O)C(=C)C)CC1. The summed E-state index contributed by atoms with van der Waals surface area (Å²) in [6, 6.07) is 0. The molecular weight excluding hydrogens is 256 g/mol. The fourth-order valence-electron chi connectivity index (χ4n) is 2.13. The molecule has 0 amide bonds. The fraction of sp³-hybridized carbons (Fsp3) is 0.625. The van der Waals surface area contributed by atoms with E-state index in [1.807, 2.05) is 13.8 Å². The van der Waals surface area contributed by atoms with Crippen LogP contribution in [0, 0.1) is 0 Å². The molecule has 0 aromatic heterocycles. The van der Waals surface area contributed by atoms with Gasteiger partial charge in [0.15, 0.2) is 0 Å². The van der Waals surface area contributed by atoms with Crippen molar-refractivity contribution < 1.29 is 19.1 Å². The Hall–Kier alpha value is -1.58. The van der Waals surface area contributed by atoms with E-state index in [1.165, 1.54) is 0 Å². The number of rotatable bonds is 4. The number of carbonyl (C=O) groups excluding carboxylic acids is 2. The molecule has 1 saturated carbocycles. The van der Waals surface area contributed by atoms with Gasteiger partial charge in [-0.1, -0.05) is 13.2 Å². The van der Waals surface area contributed by atoms with Gasteiger partial charge in [-0.3, -0.25) is 0 Å². The topological polar surface area (TPSA) is 52.6 Å². The Morgan fingerprint density at radius 1 is 0.800 bits per heavy atom. The smallest absolute Gasteiger partial charge is 0.333 e. The van der Waals surface area contributed by atoms with E-state index < -0.39 is 11.2 Å². The molecule has 0 bridgehead atoms. The van der Waals surface area contributed by atoms with Crippen molar-refractivity contribution in [1.82, 2.24) is 0 Å². The van der Waals surface area contributed by atoms with Crippen LogP contribution in [0.3, 0.4) is 0 Å². The molecule has 0 aromatic carbocycles. The Bertz CT molecular complexity index is 397. The maximum absolute atomic E-state index is 11.6. The molecule has 112 valence electrons. The monoisotopic (exact) mass is 280 g/mol. The summed E-state index contributed by atoms with van der Waals surface area (Å²) in [5, 5.41) is 0. The molecule has 0 N–H and O–H groups in total. The third-order valence-corrected chi connectivity index (χ3v) is 3.74. The lowest BCUT2D eigenvalue weighted by Gasteiger charge is -2.42. The highest BCUT2D eigenvalue weighted by molar-refractivity contribution is 5.87. The first-order valence-corrected chi connectivity index (χ1v) is 6.85. The number of esters is 2. The molecule has 4 nitrogen and oxygen atoms in total. The van der Waals surface area contributed by atoms with E-state index in [1.54, 1.807) is 13.8 Å². The molecule has 0 spiro atoms. The molecule has 1 fully saturated rings. The molecule has 0 aliphatic heterocycles. The van der Waals surface area contributed by atoms with Crippen LogP contribution in [0.2, 0.25) is 0 Å². The molecule has 1 aliphatic carbocycles. The van der Waals surface area contributed by atoms with Gasteiger partial charge in [-0.05, 0) is 53.4 Å². The van der Waals surface area contributed by atoms with Crippen molar-refractivity contribution in [3.8, 4) is 0 Å². The maximum Gasteiger partial charge on any atom is 0.333 e. The molecule has 0 atom stereocenters. The zero-order valence-corrected chi connectivity index (χ0v) is 12.9. The summed E-state index contributed by atoms with van der Waals surface area (Å²) in [4.78, 5) is 23.3. The maximum atomic E-state index is 11.6. The van der Waals surface area contributed by atoms with Gasteiger partial charge >= 0.3 is 11.9 Å². The van der Waals surface area contributed by atoms with Gasteiger partial charge in [0.25, 0.3) is 0 Å². The lowest BCUT2D eigenvalue weighted by atomic mass is 9.77. The van der Waals surface area contributed by atoms with Crippen molar-refractivity contribution in [2.45, 2.75) is 64.6 Å². The van der Waals surface area contributed by atoms with Gasteiger partial charge in [0.2, 0.25) is 0 Å². The van der Waals surface area contributed by atoms with Crippen LogP contribution in [0.25, 0.3) is 0 Å². The summed E-state index contributed by atoms with van der Waals surface area (Å²) in [7, 11) is 0. The van der Waals surface area contributed by atoms with Crippen molar-refractivity contribution in [2.75, 3.05) is 0 Å². The summed E-state index contributed by atoms with van der Waals surface area (Å²) in [6.07, 6.45) is 2.63. The lowest BCUT2D eigenvalue weighted by Crippen LogP contribution is -2.44. The van der Waals surface area contributed by atoms with Crippen molar-refractivity contribution in [3.05, 3.63) is 24.3 Å². The minimum Gasteiger partial charge on any atom is -0.456 e. The summed E-state index contributed by atoms with van der Waals surface area (Å²) < 4.78 is 11.0. The van der Waals surface area contributed by atoms with Crippen molar-refractivity contribution in [1.29, 1.82) is 0 Å². The van der Waals surface area contributed by atoms with Gasteiger partial charge in [-0.2, -0.15) is 0 Å². The summed E-state index contributed by atoms with van der Waals surface area (Å²) in [6.45, 7) is 14.3. The van der Waals surface area contributed by atoms with Crippen LogP contribution in [-0.2, 0) is 19.1 Å². The third-order valence-electron chi connectivity index (χ3n) is 3.74. The minimum absolute atomic E-state index is 0.366. The van der Waals surface area contributed by atoms with E-state index in [2.05, 4.69) is 13.2 Å². The molecule has 0 saturated heterocycles. The highest BCUT2D eigenvalue weighted by Gasteiger charge is 2.42. The first kappa shape index (κ1) is 16.5. The second kappa shape index (κ2) is 5.81. The van der Waals surface area contributed by atoms with Crippen molar-refractivity contribution in [3.63, 3.8) is 0 Å². The fourth-order valence-corrected chi connectivity index (χ4v) is 2.13. The first-order valence-electron chi connectivity index (χ1n) is 6.85. The number of ether oxygens (including phenoxy) is 2. The van der Waals surface area contributed by atoms with Gasteiger partial charge < -0.3 is 9.47 Å². The molecule has 20 heavy (non-hydrogen) atoms. The molecule has 1 aliphatic rings. The minimum atomic E-state index is -0.509. The van der Waals surface area contributed by atoms with Gasteiger partial charge in [0.05, 0.1) is 0 Å². The first-order chi connectivity index (χ1) is 9.07. The van der Waals surface area contributed by atoms with E-state index in [9.17, 15) is 9.59 Å². The summed E-state index contributed by atoms with van der Waals surface area (Å²) in [5.41, 5.74) is -0.224. The van der Waals surface area contributed by atoms with Crippen LogP contribution in [0.5, 0.6) is 0 Å². The molecule has 4 heteroatoms. The van der Waals surface area contributed by atoms with E-state index in [-0.39, 0.29) is 11.9 Å². The second-order valence-electron chi connectivity index (χ2n) is 6.24. The number of hydrogen-bond acceptors (Lipinski definition) is 4. The summed E-state index contributed by atoms with van der Waals surface area (Å²) >= 11 is 0. The number of carbonyl (C=O) groups is 2. The van der Waals surface area contributed by atoms with E-state index in [0.717, 1.165) is 0 Å². The molecule has 0 heterocycles. The van der Waals surface area contributed by atoms with Crippen molar-refractivity contribution >= 4 is 11.9 Å². The molecule has 0 radical (unpaired) electrons. The van der Waals surface area contributed by atoms with Gasteiger partial charge in [0, 0.05) is 11.1 Å². The highest BCUT2D eigenvalue weighted by Crippen LogP contribution is 2.39. The largest absolute Gasteiger partial charge is 0.456 e. The van der Waals surface area contributed by atoms with Crippen LogP contribution in [0.15, 0.2) is 24.3 Å². The Morgan fingerprint density at radius 3 is 1.25 bits per heavy atom. The summed E-state index contributed by atoms with van der Waals surface area (Å²) in [5.74, 6) is -0.731. The zero-order chi connectivity index (χ0) is 15.6. The predicted molar refractivity (Wildman–Crippen MR) is 77.1 cm³/mol. The second-order valence-corrected chi connectivity index (χ2v) is 6.24. The van der Waals surface area contributed by atoms with Gasteiger partial charge in [-0.15, -0.1) is 0 Å². The molecule has 0 aromatic rings. The van der Waals surface area contributed by atoms with Gasteiger partial charge in [0.1, 0.15) is 11.2 Å². The van der Waals surface area contributed by atoms with E-state index >= 15 is 0 Å². The molecule has 1 rings (SSSR count). The predicted octanol–water partition coefficient (Wildman–Crippen LogP) is 3.32. The van der Waals surface area contributed by atoms with Crippen LogP contribution in [-0.4, -0.2) is 23.1 Å². The number of hydrogen-bond donors (Lipinski definition) is 0. The molecule has 0 unspecified atom stereocenters. The Balaban J connectivity index is 2.62. The Labute approximate surface area is 120 Å². The van der Waals surface area contributed by atoms with Crippen LogP contribution in [0.1, 0.15) is 53.4 Å². The molecular formula is C16H24O4. The van der Waals surface area contributed by atoms with Crippen LogP contribution in [0.4, 0.5) is 0 Å². The lowest BCUT2D eigenvalue weighted by molar-refractivity contribution is -0.172. The van der Waals surface area contributed by atoms with E-state index in [4.69, 9.17) is 9.47 Å². The zero-order valence-electron chi connectivity index (χ0n) is 12.9. The Kier molecular flexibility index (Phi) is 4.79. The Morgan fingerprint density at radius 2 is 1.05 bits per heavy atom. The highest BCUT2D eigenvalue weighted by atomic mass is 16.6.